The third-order valence-corrected chi connectivity index (χ3v) is 5.35. The third kappa shape index (κ3) is 4.69. The molecular formula is C19H19ClFN5OS. The number of carbonyl (C=O) groups excluding carboxylic acids is 1. The Labute approximate surface area is 171 Å². The Hall–Kier alpha value is -2.45. The number of thioether (sulfide) groups is 1. The van der Waals surface area contributed by atoms with Gasteiger partial charge in [-0.2, -0.15) is 4.68 Å². The van der Waals surface area contributed by atoms with Crippen LogP contribution in [0, 0.1) is 5.82 Å². The van der Waals surface area contributed by atoms with Crippen molar-refractivity contribution >= 4 is 35.0 Å². The SMILES string of the molecule is CC(Sc1nnnn1-c1ccc(C(C)C)cc1)C(=O)Nc1ccc(Cl)cc1F. The van der Waals surface area contributed by atoms with Gasteiger partial charge in [-0.1, -0.05) is 49.3 Å². The second-order valence-electron chi connectivity index (χ2n) is 6.49. The van der Waals surface area contributed by atoms with Gasteiger partial charge in [-0.25, -0.2) is 4.39 Å². The number of nitrogens with zero attached hydrogens (tertiary/aromatic N) is 4. The van der Waals surface area contributed by atoms with Crippen molar-refractivity contribution in [2.75, 3.05) is 5.32 Å². The van der Waals surface area contributed by atoms with Crippen molar-refractivity contribution in [3.8, 4) is 5.69 Å². The van der Waals surface area contributed by atoms with Crippen molar-refractivity contribution in [3.05, 3.63) is 58.9 Å². The summed E-state index contributed by atoms with van der Waals surface area (Å²) in [5.41, 5.74) is 2.09. The standard InChI is InChI=1S/C19H19ClFN5OS/c1-11(2)13-4-7-15(8-5-13)26-19(23-24-25-26)28-12(3)18(27)22-17-9-6-14(20)10-16(17)21/h4-12H,1-3H3,(H,22,27). The monoisotopic (exact) mass is 419 g/mol. The van der Waals surface area contributed by atoms with Crippen LogP contribution >= 0.6 is 23.4 Å². The fourth-order valence-corrected chi connectivity index (χ4v) is 3.42. The van der Waals surface area contributed by atoms with Crippen LogP contribution in [0.3, 0.4) is 0 Å². The molecule has 1 N–H and O–H groups in total. The van der Waals surface area contributed by atoms with Crippen LogP contribution in [0.2, 0.25) is 5.02 Å². The molecular weight excluding hydrogens is 401 g/mol. The molecule has 146 valence electrons. The van der Waals surface area contributed by atoms with E-state index in [1.165, 1.54) is 29.5 Å². The van der Waals surface area contributed by atoms with E-state index in [1.54, 1.807) is 11.6 Å². The molecule has 0 bridgehead atoms. The van der Waals surface area contributed by atoms with Crippen LogP contribution in [0.4, 0.5) is 10.1 Å². The van der Waals surface area contributed by atoms with E-state index in [0.29, 0.717) is 11.1 Å². The molecule has 6 nitrogen and oxygen atoms in total. The van der Waals surface area contributed by atoms with Crippen LogP contribution in [0.25, 0.3) is 5.69 Å². The summed E-state index contributed by atoms with van der Waals surface area (Å²) >= 11 is 6.92. The fraction of sp³-hybridized carbons (Fsp3) is 0.263. The van der Waals surface area contributed by atoms with Gasteiger partial charge in [0.2, 0.25) is 11.1 Å². The van der Waals surface area contributed by atoms with Crippen molar-refractivity contribution in [3.63, 3.8) is 0 Å². The molecule has 1 unspecified atom stereocenters. The molecule has 0 saturated carbocycles. The zero-order valence-corrected chi connectivity index (χ0v) is 17.1. The van der Waals surface area contributed by atoms with Crippen molar-refractivity contribution in [1.82, 2.24) is 20.2 Å². The van der Waals surface area contributed by atoms with Crippen LogP contribution in [0.1, 0.15) is 32.3 Å². The Morgan fingerprint density at radius 1 is 1.18 bits per heavy atom. The van der Waals surface area contributed by atoms with E-state index in [2.05, 4.69) is 34.7 Å². The van der Waals surface area contributed by atoms with Gasteiger partial charge >= 0.3 is 0 Å². The summed E-state index contributed by atoms with van der Waals surface area (Å²) in [5, 5.41) is 14.5. The summed E-state index contributed by atoms with van der Waals surface area (Å²) in [4.78, 5) is 12.4. The molecule has 1 amide bonds. The molecule has 28 heavy (non-hydrogen) atoms. The van der Waals surface area contributed by atoms with Crippen LogP contribution in [-0.4, -0.2) is 31.4 Å². The van der Waals surface area contributed by atoms with Crippen molar-refractivity contribution in [2.24, 2.45) is 0 Å². The smallest absolute Gasteiger partial charge is 0.237 e. The van der Waals surface area contributed by atoms with Crippen LogP contribution in [0.5, 0.6) is 0 Å². The first-order valence-corrected chi connectivity index (χ1v) is 9.92. The summed E-state index contributed by atoms with van der Waals surface area (Å²) in [6, 6.07) is 12.0. The average Bonchev–Trinajstić information content (AvgIpc) is 3.12. The third-order valence-electron chi connectivity index (χ3n) is 4.09. The van der Waals surface area contributed by atoms with E-state index >= 15 is 0 Å². The Morgan fingerprint density at radius 2 is 1.89 bits per heavy atom. The molecule has 1 atom stereocenters. The lowest BCUT2D eigenvalue weighted by Gasteiger charge is -2.12. The summed E-state index contributed by atoms with van der Waals surface area (Å²) in [7, 11) is 0. The molecule has 9 heteroatoms. The Balaban J connectivity index is 1.71. The fourth-order valence-electron chi connectivity index (χ4n) is 2.45. The molecule has 2 aromatic carbocycles. The largest absolute Gasteiger partial charge is 0.323 e. The number of amides is 1. The molecule has 3 rings (SSSR count). The average molecular weight is 420 g/mol. The number of hydrogen-bond acceptors (Lipinski definition) is 5. The van der Waals surface area contributed by atoms with Crippen LogP contribution < -0.4 is 5.32 Å². The highest BCUT2D eigenvalue weighted by Gasteiger charge is 2.20. The Kier molecular flexibility index (Phi) is 6.31. The Bertz CT molecular complexity index is 977. The molecule has 1 aromatic heterocycles. The number of halogens is 2. The summed E-state index contributed by atoms with van der Waals surface area (Å²) in [5.74, 6) is -0.530. The molecule has 0 aliphatic carbocycles. The lowest BCUT2D eigenvalue weighted by molar-refractivity contribution is -0.115. The second kappa shape index (κ2) is 8.70. The van der Waals surface area contributed by atoms with Crippen LogP contribution in [-0.2, 0) is 4.79 Å². The van der Waals surface area contributed by atoms with E-state index in [9.17, 15) is 9.18 Å². The number of aromatic nitrogens is 4. The maximum atomic E-state index is 13.9. The predicted molar refractivity (Wildman–Crippen MR) is 109 cm³/mol. The molecule has 0 radical (unpaired) electrons. The highest BCUT2D eigenvalue weighted by molar-refractivity contribution is 8.00. The van der Waals surface area contributed by atoms with Gasteiger partial charge in [-0.05, 0) is 59.2 Å². The van der Waals surface area contributed by atoms with Gasteiger partial charge in [-0.3, -0.25) is 4.79 Å². The minimum Gasteiger partial charge on any atom is -0.323 e. The quantitative estimate of drug-likeness (QED) is 0.586. The Morgan fingerprint density at radius 3 is 2.54 bits per heavy atom. The van der Waals surface area contributed by atoms with Gasteiger partial charge in [0.25, 0.3) is 0 Å². The predicted octanol–water partition coefficient (Wildman–Crippen LogP) is 4.70. The molecule has 3 aromatic rings. The second-order valence-corrected chi connectivity index (χ2v) is 8.24. The summed E-state index contributed by atoms with van der Waals surface area (Å²) < 4.78 is 15.5. The normalized spacial score (nSPS) is 12.2. The van der Waals surface area contributed by atoms with Gasteiger partial charge in [0.1, 0.15) is 5.82 Å². The number of tetrazole rings is 1. The van der Waals surface area contributed by atoms with E-state index in [1.807, 2.05) is 24.3 Å². The number of nitrogens with one attached hydrogen (secondary N) is 1. The first-order valence-electron chi connectivity index (χ1n) is 8.66. The van der Waals surface area contributed by atoms with Gasteiger partial charge in [-0.15, -0.1) is 5.10 Å². The first kappa shape index (κ1) is 20.3. The minimum atomic E-state index is -0.590. The van der Waals surface area contributed by atoms with E-state index < -0.39 is 11.1 Å². The summed E-state index contributed by atoms with van der Waals surface area (Å²) in [6.07, 6.45) is 0. The number of benzene rings is 2. The maximum absolute atomic E-state index is 13.9. The topological polar surface area (TPSA) is 72.7 Å². The number of rotatable bonds is 6. The van der Waals surface area contributed by atoms with Gasteiger partial charge < -0.3 is 5.32 Å². The molecule has 0 spiro atoms. The number of hydrogen-bond donors (Lipinski definition) is 1. The van der Waals surface area contributed by atoms with E-state index in [4.69, 9.17) is 11.6 Å². The molecule has 0 aliphatic rings. The zero-order chi connectivity index (χ0) is 20.3. The molecule has 0 aliphatic heterocycles. The van der Waals surface area contributed by atoms with E-state index in [0.717, 1.165) is 11.8 Å². The maximum Gasteiger partial charge on any atom is 0.237 e. The van der Waals surface area contributed by atoms with Crippen molar-refractivity contribution in [2.45, 2.75) is 37.1 Å². The van der Waals surface area contributed by atoms with Crippen molar-refractivity contribution in [1.29, 1.82) is 0 Å². The molecule has 0 fully saturated rings. The highest BCUT2D eigenvalue weighted by atomic mass is 35.5. The van der Waals surface area contributed by atoms with E-state index in [-0.39, 0.29) is 16.6 Å². The minimum absolute atomic E-state index is 0.0747. The first-order chi connectivity index (χ1) is 13.3. The molecule has 0 saturated heterocycles. The van der Waals surface area contributed by atoms with Gasteiger partial charge in [0.05, 0.1) is 16.6 Å². The van der Waals surface area contributed by atoms with Crippen molar-refractivity contribution < 1.29 is 9.18 Å². The number of carbonyl (C=O) groups is 1. The zero-order valence-electron chi connectivity index (χ0n) is 15.6. The van der Waals surface area contributed by atoms with Gasteiger partial charge in [0.15, 0.2) is 0 Å². The summed E-state index contributed by atoms with van der Waals surface area (Å²) in [6.45, 7) is 5.95. The number of anilines is 1. The van der Waals surface area contributed by atoms with Crippen LogP contribution in [0.15, 0.2) is 47.6 Å². The highest BCUT2D eigenvalue weighted by Crippen LogP contribution is 2.26. The lowest BCUT2D eigenvalue weighted by Crippen LogP contribution is -2.23. The lowest BCUT2D eigenvalue weighted by atomic mass is 10.0. The van der Waals surface area contributed by atoms with Gasteiger partial charge in [0, 0.05) is 5.02 Å². The molecule has 1 heterocycles.